The summed E-state index contributed by atoms with van der Waals surface area (Å²) in [6, 6.07) is 7.97. The smallest absolute Gasteiger partial charge is 0.0890 e. The minimum absolute atomic E-state index is 0.114. The van der Waals surface area contributed by atoms with Crippen LogP contribution in [0.1, 0.15) is 25.5 Å². The summed E-state index contributed by atoms with van der Waals surface area (Å²) in [5.41, 5.74) is 2.76. The van der Waals surface area contributed by atoms with Crippen molar-refractivity contribution in [1.29, 1.82) is 0 Å². The molecule has 0 spiro atoms. The number of nitrogens with one attached hydrogen (secondary N) is 1. The topological polar surface area (TPSA) is 37.8 Å². The summed E-state index contributed by atoms with van der Waals surface area (Å²) in [5, 5.41) is 3.31. The Morgan fingerprint density at radius 2 is 2.11 bits per heavy atom. The number of rotatable bonds is 5. The number of aromatic nitrogens is 2. The number of nitrogens with zero attached hydrogens (tertiary/aromatic N) is 2. The molecule has 1 aromatic heterocycles. The van der Waals surface area contributed by atoms with E-state index < -0.39 is 0 Å². The molecule has 1 atom stereocenters. The first kappa shape index (κ1) is 12.5. The molecule has 18 heavy (non-hydrogen) atoms. The van der Waals surface area contributed by atoms with Crippen LogP contribution in [0.5, 0.6) is 0 Å². The van der Waals surface area contributed by atoms with Gasteiger partial charge in [0.25, 0.3) is 0 Å². The van der Waals surface area contributed by atoms with E-state index >= 15 is 0 Å². The molecule has 0 saturated heterocycles. The van der Waals surface area contributed by atoms with Gasteiger partial charge in [-0.15, -0.1) is 6.42 Å². The molecule has 0 aliphatic rings. The molecule has 0 amide bonds. The lowest BCUT2D eigenvalue weighted by molar-refractivity contribution is 0.557. The maximum Gasteiger partial charge on any atom is 0.0890 e. The van der Waals surface area contributed by atoms with Gasteiger partial charge in [0.2, 0.25) is 0 Å². The van der Waals surface area contributed by atoms with Crippen LogP contribution >= 0.6 is 0 Å². The third-order valence-electron chi connectivity index (χ3n) is 2.81. The van der Waals surface area contributed by atoms with Crippen molar-refractivity contribution in [2.45, 2.75) is 32.4 Å². The van der Waals surface area contributed by atoms with E-state index in [1.165, 1.54) is 0 Å². The van der Waals surface area contributed by atoms with Crippen LogP contribution in [0.2, 0.25) is 0 Å². The maximum atomic E-state index is 5.47. The molecule has 0 aliphatic heterocycles. The molecule has 1 unspecified atom stereocenters. The van der Waals surface area contributed by atoms with E-state index in [2.05, 4.69) is 28.1 Å². The van der Waals surface area contributed by atoms with Crippen LogP contribution in [0.25, 0.3) is 11.0 Å². The standard InChI is InChI=1S/C15H17N3/c1-3-7-12(4-2)16-10-13-11-17-14-8-5-6-9-15(14)18-13/h2,5-6,8-9,11-12,16H,3,7,10H2,1H3. The first-order valence-electron chi connectivity index (χ1n) is 6.23. The number of fused-ring (bicyclic) bond motifs is 1. The third kappa shape index (κ3) is 3.06. The minimum atomic E-state index is 0.114. The Hall–Kier alpha value is -1.92. The number of benzene rings is 1. The van der Waals surface area contributed by atoms with E-state index in [1.807, 2.05) is 24.3 Å². The Morgan fingerprint density at radius 3 is 2.83 bits per heavy atom. The predicted molar refractivity (Wildman–Crippen MR) is 73.9 cm³/mol. The molecule has 92 valence electrons. The lowest BCUT2D eigenvalue weighted by Gasteiger charge is -2.11. The number of para-hydroxylation sites is 2. The second-order valence-electron chi connectivity index (χ2n) is 4.24. The number of terminal acetylenes is 1. The lowest BCUT2D eigenvalue weighted by atomic mass is 10.2. The van der Waals surface area contributed by atoms with Gasteiger partial charge in [-0.2, -0.15) is 0 Å². The fourth-order valence-corrected chi connectivity index (χ4v) is 1.84. The van der Waals surface area contributed by atoms with Gasteiger partial charge >= 0.3 is 0 Å². The largest absolute Gasteiger partial charge is 0.298 e. The Labute approximate surface area is 108 Å². The van der Waals surface area contributed by atoms with E-state index in [0.717, 1.165) is 29.6 Å². The number of hydrogen-bond acceptors (Lipinski definition) is 3. The van der Waals surface area contributed by atoms with Crippen LogP contribution in [0.4, 0.5) is 0 Å². The van der Waals surface area contributed by atoms with E-state index in [4.69, 9.17) is 6.42 Å². The molecule has 3 heteroatoms. The van der Waals surface area contributed by atoms with Crippen LogP contribution in [0.15, 0.2) is 30.5 Å². The summed E-state index contributed by atoms with van der Waals surface area (Å²) in [4.78, 5) is 8.92. The quantitative estimate of drug-likeness (QED) is 0.815. The summed E-state index contributed by atoms with van der Waals surface area (Å²) in [6.07, 6.45) is 9.32. The Morgan fingerprint density at radius 1 is 1.33 bits per heavy atom. The van der Waals surface area contributed by atoms with Gasteiger partial charge in [0.05, 0.1) is 29.0 Å². The van der Waals surface area contributed by atoms with Crippen LogP contribution in [0, 0.1) is 12.3 Å². The zero-order valence-corrected chi connectivity index (χ0v) is 10.6. The Bertz CT molecular complexity index is 557. The van der Waals surface area contributed by atoms with Gasteiger partial charge in [-0.05, 0) is 18.6 Å². The second-order valence-corrected chi connectivity index (χ2v) is 4.24. The highest BCUT2D eigenvalue weighted by molar-refractivity contribution is 5.73. The van der Waals surface area contributed by atoms with Crippen LogP contribution in [-0.4, -0.2) is 16.0 Å². The van der Waals surface area contributed by atoms with E-state index in [1.54, 1.807) is 6.20 Å². The van der Waals surface area contributed by atoms with Crippen molar-refractivity contribution in [3.63, 3.8) is 0 Å². The molecule has 3 nitrogen and oxygen atoms in total. The van der Waals surface area contributed by atoms with Gasteiger partial charge in [0.1, 0.15) is 0 Å². The maximum absolute atomic E-state index is 5.47. The van der Waals surface area contributed by atoms with Crippen molar-refractivity contribution in [2.75, 3.05) is 0 Å². The summed E-state index contributed by atoms with van der Waals surface area (Å²) in [7, 11) is 0. The highest BCUT2D eigenvalue weighted by Crippen LogP contribution is 2.08. The molecule has 0 radical (unpaired) electrons. The highest BCUT2D eigenvalue weighted by atomic mass is 14.9. The van der Waals surface area contributed by atoms with Crippen molar-refractivity contribution in [2.24, 2.45) is 0 Å². The summed E-state index contributed by atoms with van der Waals surface area (Å²) >= 11 is 0. The van der Waals surface area contributed by atoms with Gasteiger partial charge < -0.3 is 0 Å². The third-order valence-corrected chi connectivity index (χ3v) is 2.81. The molecule has 2 rings (SSSR count). The van der Waals surface area contributed by atoms with E-state index in [-0.39, 0.29) is 6.04 Å². The highest BCUT2D eigenvalue weighted by Gasteiger charge is 2.04. The molecular weight excluding hydrogens is 222 g/mol. The Kier molecular flexibility index (Phi) is 4.27. The van der Waals surface area contributed by atoms with Crippen molar-refractivity contribution < 1.29 is 0 Å². The second kappa shape index (κ2) is 6.13. The monoisotopic (exact) mass is 239 g/mol. The molecule has 2 aromatic rings. The SMILES string of the molecule is C#CC(CCC)NCc1cnc2ccccc2n1. The number of hydrogen-bond donors (Lipinski definition) is 1. The summed E-state index contributed by atoms with van der Waals surface area (Å²) < 4.78 is 0. The van der Waals surface area contributed by atoms with Gasteiger partial charge in [-0.1, -0.05) is 31.4 Å². The molecule has 0 saturated carbocycles. The minimum Gasteiger partial charge on any atom is -0.298 e. The molecule has 0 bridgehead atoms. The first-order chi connectivity index (χ1) is 8.83. The zero-order chi connectivity index (χ0) is 12.8. The van der Waals surface area contributed by atoms with Crippen molar-refractivity contribution in [1.82, 2.24) is 15.3 Å². The summed E-state index contributed by atoms with van der Waals surface area (Å²) in [5.74, 6) is 2.75. The average molecular weight is 239 g/mol. The van der Waals surface area contributed by atoms with Crippen molar-refractivity contribution >= 4 is 11.0 Å². The van der Waals surface area contributed by atoms with E-state index in [0.29, 0.717) is 6.54 Å². The summed E-state index contributed by atoms with van der Waals surface area (Å²) in [6.45, 7) is 2.79. The molecule has 1 heterocycles. The van der Waals surface area contributed by atoms with Gasteiger partial charge in [0.15, 0.2) is 0 Å². The van der Waals surface area contributed by atoms with Crippen molar-refractivity contribution in [3.8, 4) is 12.3 Å². The molecule has 0 aliphatic carbocycles. The van der Waals surface area contributed by atoms with E-state index in [9.17, 15) is 0 Å². The van der Waals surface area contributed by atoms with Gasteiger partial charge in [0, 0.05) is 6.54 Å². The Balaban J connectivity index is 2.06. The van der Waals surface area contributed by atoms with Crippen LogP contribution < -0.4 is 5.32 Å². The average Bonchev–Trinajstić information content (AvgIpc) is 2.43. The van der Waals surface area contributed by atoms with Crippen LogP contribution in [0.3, 0.4) is 0 Å². The fraction of sp³-hybridized carbons (Fsp3) is 0.333. The predicted octanol–water partition coefficient (Wildman–Crippen LogP) is 2.52. The first-order valence-corrected chi connectivity index (χ1v) is 6.23. The van der Waals surface area contributed by atoms with Gasteiger partial charge in [-0.3, -0.25) is 10.3 Å². The molecular formula is C15H17N3. The normalized spacial score (nSPS) is 12.2. The molecule has 0 fully saturated rings. The van der Waals surface area contributed by atoms with Crippen molar-refractivity contribution in [3.05, 3.63) is 36.2 Å². The molecule has 1 N–H and O–H groups in total. The lowest BCUT2D eigenvalue weighted by Crippen LogP contribution is -2.27. The van der Waals surface area contributed by atoms with Crippen LogP contribution in [-0.2, 0) is 6.54 Å². The molecule has 1 aromatic carbocycles. The zero-order valence-electron chi connectivity index (χ0n) is 10.6. The van der Waals surface area contributed by atoms with Gasteiger partial charge in [-0.25, -0.2) is 4.98 Å². The fourth-order valence-electron chi connectivity index (χ4n) is 1.84.